The highest BCUT2D eigenvalue weighted by Crippen LogP contribution is 2.32. The fourth-order valence-corrected chi connectivity index (χ4v) is 2.31. The molecule has 0 aliphatic carbocycles. The summed E-state index contributed by atoms with van der Waals surface area (Å²) in [5, 5.41) is 10.3. The zero-order valence-corrected chi connectivity index (χ0v) is 11.7. The van der Waals surface area contributed by atoms with E-state index in [9.17, 15) is 9.90 Å². The molecule has 0 unspecified atom stereocenters. The van der Waals surface area contributed by atoms with E-state index >= 15 is 0 Å². The molecule has 0 amide bonds. The molecule has 0 fully saturated rings. The molecule has 4 nitrogen and oxygen atoms in total. The second-order valence-electron chi connectivity index (χ2n) is 5.48. The Morgan fingerprint density at radius 1 is 1.37 bits per heavy atom. The summed E-state index contributed by atoms with van der Waals surface area (Å²) in [7, 11) is 3.60. The molecule has 19 heavy (non-hydrogen) atoms. The van der Waals surface area contributed by atoms with Crippen molar-refractivity contribution in [3.63, 3.8) is 0 Å². The summed E-state index contributed by atoms with van der Waals surface area (Å²) >= 11 is 0. The van der Waals surface area contributed by atoms with Crippen LogP contribution in [0.3, 0.4) is 0 Å². The van der Waals surface area contributed by atoms with Gasteiger partial charge in [-0.25, -0.2) is 0 Å². The van der Waals surface area contributed by atoms with E-state index < -0.39 is 11.4 Å². The Morgan fingerprint density at radius 3 is 2.63 bits per heavy atom. The highest BCUT2D eigenvalue weighted by atomic mass is 16.5. The molecule has 0 aliphatic rings. The molecule has 0 spiro atoms. The SMILES string of the molecule is COc1ccc(CC(C)(C)C(=O)O)c2ccn(C)c12. The molecule has 0 radical (unpaired) electrons. The molecule has 0 saturated carbocycles. The van der Waals surface area contributed by atoms with Crippen LogP contribution in [0.5, 0.6) is 5.75 Å². The number of aromatic nitrogens is 1. The van der Waals surface area contributed by atoms with Gasteiger partial charge in [-0.15, -0.1) is 0 Å². The molecule has 2 rings (SSSR count). The van der Waals surface area contributed by atoms with Crippen LogP contribution in [0.15, 0.2) is 24.4 Å². The summed E-state index contributed by atoms with van der Waals surface area (Å²) in [6, 6.07) is 5.85. The largest absolute Gasteiger partial charge is 0.495 e. The standard InChI is InChI=1S/C15H19NO3/c1-15(2,14(17)18)9-10-5-6-12(19-4)13-11(10)7-8-16(13)3/h5-8H,9H2,1-4H3,(H,17,18). The summed E-state index contributed by atoms with van der Waals surface area (Å²) < 4.78 is 7.35. The molecule has 0 aliphatic heterocycles. The summed E-state index contributed by atoms with van der Waals surface area (Å²) in [6.45, 7) is 3.49. The van der Waals surface area contributed by atoms with E-state index in [2.05, 4.69) is 0 Å². The second-order valence-corrected chi connectivity index (χ2v) is 5.48. The first-order chi connectivity index (χ1) is 8.86. The van der Waals surface area contributed by atoms with Crippen LogP contribution in [0.2, 0.25) is 0 Å². The van der Waals surface area contributed by atoms with Crippen molar-refractivity contribution in [2.45, 2.75) is 20.3 Å². The number of benzene rings is 1. The van der Waals surface area contributed by atoms with Crippen LogP contribution in [-0.4, -0.2) is 22.8 Å². The first-order valence-electron chi connectivity index (χ1n) is 6.21. The van der Waals surface area contributed by atoms with Crippen LogP contribution < -0.4 is 4.74 Å². The summed E-state index contributed by atoms with van der Waals surface area (Å²) in [5.74, 6) is 0.0202. The molecule has 1 aromatic carbocycles. The number of nitrogens with zero attached hydrogens (tertiary/aromatic N) is 1. The number of methoxy groups -OCH3 is 1. The van der Waals surface area contributed by atoms with Gasteiger partial charge < -0.3 is 14.4 Å². The lowest BCUT2D eigenvalue weighted by Gasteiger charge is -2.20. The van der Waals surface area contributed by atoms with Crippen molar-refractivity contribution >= 4 is 16.9 Å². The van der Waals surface area contributed by atoms with Gasteiger partial charge in [0.25, 0.3) is 0 Å². The minimum absolute atomic E-state index is 0.493. The molecule has 0 saturated heterocycles. The average Bonchev–Trinajstić information content (AvgIpc) is 2.72. The molecule has 0 bridgehead atoms. The van der Waals surface area contributed by atoms with E-state index in [0.29, 0.717) is 6.42 Å². The summed E-state index contributed by atoms with van der Waals surface area (Å²) in [6.07, 6.45) is 2.46. The first kappa shape index (κ1) is 13.5. The van der Waals surface area contributed by atoms with Crippen LogP contribution in [-0.2, 0) is 18.3 Å². The lowest BCUT2D eigenvalue weighted by Crippen LogP contribution is -2.26. The molecular weight excluding hydrogens is 242 g/mol. The molecule has 1 aromatic heterocycles. The second kappa shape index (κ2) is 4.61. The molecule has 1 heterocycles. The molecule has 0 atom stereocenters. The Bertz CT molecular complexity index is 626. The molecule has 102 valence electrons. The lowest BCUT2D eigenvalue weighted by molar-refractivity contribution is -0.146. The number of rotatable bonds is 4. The minimum Gasteiger partial charge on any atom is -0.495 e. The Morgan fingerprint density at radius 2 is 2.05 bits per heavy atom. The third kappa shape index (κ3) is 2.30. The Kier molecular flexibility index (Phi) is 3.27. The molecule has 1 N–H and O–H groups in total. The number of aryl methyl sites for hydroxylation is 1. The molecule has 4 heteroatoms. The van der Waals surface area contributed by atoms with Gasteiger partial charge in [-0.3, -0.25) is 4.79 Å². The minimum atomic E-state index is -0.785. The van der Waals surface area contributed by atoms with E-state index in [1.165, 1.54) is 0 Å². The fraction of sp³-hybridized carbons (Fsp3) is 0.400. The van der Waals surface area contributed by atoms with E-state index in [-0.39, 0.29) is 0 Å². The van der Waals surface area contributed by atoms with Crippen molar-refractivity contribution in [2.24, 2.45) is 12.5 Å². The van der Waals surface area contributed by atoms with Crippen LogP contribution in [0.25, 0.3) is 10.9 Å². The zero-order chi connectivity index (χ0) is 14.2. The first-order valence-corrected chi connectivity index (χ1v) is 6.21. The van der Waals surface area contributed by atoms with Gasteiger partial charge in [0.05, 0.1) is 18.0 Å². The van der Waals surface area contributed by atoms with Gasteiger partial charge >= 0.3 is 5.97 Å². The average molecular weight is 261 g/mol. The predicted molar refractivity (Wildman–Crippen MR) is 74.6 cm³/mol. The van der Waals surface area contributed by atoms with E-state index in [1.54, 1.807) is 21.0 Å². The van der Waals surface area contributed by atoms with Crippen LogP contribution >= 0.6 is 0 Å². The summed E-state index contributed by atoms with van der Waals surface area (Å²) in [5.41, 5.74) is 1.25. The topological polar surface area (TPSA) is 51.5 Å². The number of carboxylic acid groups (broad SMARTS) is 1. The maximum atomic E-state index is 11.3. The number of hydrogen-bond donors (Lipinski definition) is 1. The normalized spacial score (nSPS) is 11.8. The number of hydrogen-bond acceptors (Lipinski definition) is 2. The van der Waals surface area contributed by atoms with E-state index in [0.717, 1.165) is 22.2 Å². The third-order valence-corrected chi connectivity index (χ3v) is 3.52. The Labute approximate surface area is 112 Å². The van der Waals surface area contributed by atoms with Gasteiger partial charge in [0.1, 0.15) is 5.75 Å². The van der Waals surface area contributed by atoms with Crippen molar-refractivity contribution in [3.05, 3.63) is 30.0 Å². The Balaban J connectivity index is 2.55. The maximum Gasteiger partial charge on any atom is 0.309 e. The number of carboxylic acids is 1. The smallest absolute Gasteiger partial charge is 0.309 e. The van der Waals surface area contributed by atoms with Crippen molar-refractivity contribution in [2.75, 3.05) is 7.11 Å². The quantitative estimate of drug-likeness (QED) is 0.920. The van der Waals surface area contributed by atoms with Gasteiger partial charge in [-0.05, 0) is 38.0 Å². The zero-order valence-electron chi connectivity index (χ0n) is 11.7. The van der Waals surface area contributed by atoms with Crippen molar-refractivity contribution in [1.82, 2.24) is 4.57 Å². The van der Waals surface area contributed by atoms with Crippen molar-refractivity contribution in [1.29, 1.82) is 0 Å². The molecular formula is C15H19NO3. The van der Waals surface area contributed by atoms with E-state index in [4.69, 9.17) is 4.74 Å². The van der Waals surface area contributed by atoms with E-state index in [1.807, 2.05) is 36.0 Å². The third-order valence-electron chi connectivity index (χ3n) is 3.52. The highest BCUT2D eigenvalue weighted by molar-refractivity contribution is 5.89. The fourth-order valence-electron chi connectivity index (χ4n) is 2.31. The van der Waals surface area contributed by atoms with Crippen LogP contribution in [0, 0.1) is 5.41 Å². The van der Waals surface area contributed by atoms with Gasteiger partial charge in [0.2, 0.25) is 0 Å². The van der Waals surface area contributed by atoms with Crippen LogP contribution in [0.1, 0.15) is 19.4 Å². The monoisotopic (exact) mass is 261 g/mol. The summed E-state index contributed by atoms with van der Waals surface area (Å²) in [4.78, 5) is 11.3. The van der Waals surface area contributed by atoms with Gasteiger partial charge in [-0.1, -0.05) is 6.07 Å². The van der Waals surface area contributed by atoms with Crippen molar-refractivity contribution in [3.8, 4) is 5.75 Å². The van der Waals surface area contributed by atoms with Gasteiger partial charge in [-0.2, -0.15) is 0 Å². The number of carbonyl (C=O) groups is 1. The molecule has 2 aromatic rings. The highest BCUT2D eigenvalue weighted by Gasteiger charge is 2.28. The number of ether oxygens (including phenoxy) is 1. The van der Waals surface area contributed by atoms with Gasteiger partial charge in [0, 0.05) is 18.6 Å². The number of fused-ring (bicyclic) bond motifs is 1. The van der Waals surface area contributed by atoms with Gasteiger partial charge in [0.15, 0.2) is 0 Å². The Hall–Kier alpha value is -1.97. The maximum absolute atomic E-state index is 11.3. The predicted octanol–water partition coefficient (Wildman–Crippen LogP) is 2.84. The number of aliphatic carboxylic acids is 1. The van der Waals surface area contributed by atoms with Crippen LogP contribution in [0.4, 0.5) is 0 Å². The van der Waals surface area contributed by atoms with Crippen molar-refractivity contribution < 1.29 is 14.6 Å². The lowest BCUT2D eigenvalue weighted by atomic mass is 9.85.